The fraction of sp³-hybridized carbons (Fsp3) is 0.409. The lowest BCUT2D eigenvalue weighted by molar-refractivity contribution is -0.139. The number of nitrogens with zero attached hydrogens (tertiary/aromatic N) is 1. The molecule has 1 heterocycles. The molecule has 3 atom stereocenters. The molecule has 2 fully saturated rings. The van der Waals surface area contributed by atoms with Crippen LogP contribution in [0.25, 0.3) is 0 Å². The molecular formula is C22H25Cl2NO2. The van der Waals surface area contributed by atoms with Gasteiger partial charge in [0.05, 0.1) is 12.1 Å². The average molecular weight is 406 g/mol. The summed E-state index contributed by atoms with van der Waals surface area (Å²) in [6, 6.07) is 17.6. The highest BCUT2D eigenvalue weighted by Gasteiger charge is 2.37. The molecule has 1 aliphatic carbocycles. The Morgan fingerprint density at radius 1 is 0.889 bits per heavy atom. The van der Waals surface area contributed by atoms with E-state index >= 15 is 0 Å². The Kier molecular flexibility index (Phi) is 7.17. The summed E-state index contributed by atoms with van der Waals surface area (Å²) in [5, 5.41) is 11.3. The van der Waals surface area contributed by atoms with Crippen molar-refractivity contribution in [1.29, 1.82) is 0 Å². The molecule has 3 unspecified atom stereocenters. The summed E-state index contributed by atoms with van der Waals surface area (Å²) < 4.78 is 0. The fourth-order valence-corrected chi connectivity index (χ4v) is 4.23. The van der Waals surface area contributed by atoms with Gasteiger partial charge in [0.2, 0.25) is 5.91 Å². The van der Waals surface area contributed by atoms with Gasteiger partial charge in [0, 0.05) is 22.5 Å². The summed E-state index contributed by atoms with van der Waals surface area (Å²) in [4.78, 5) is 14.4. The lowest BCUT2D eigenvalue weighted by Gasteiger charge is -2.40. The minimum atomic E-state index is -0.249. The zero-order valence-electron chi connectivity index (χ0n) is 15.2. The number of halogens is 2. The van der Waals surface area contributed by atoms with Crippen LogP contribution in [0, 0.1) is 0 Å². The van der Waals surface area contributed by atoms with Gasteiger partial charge in [0.1, 0.15) is 0 Å². The number of piperidine rings is 1. The van der Waals surface area contributed by atoms with Crippen LogP contribution in [0.1, 0.15) is 50.1 Å². The first kappa shape index (κ1) is 20.2. The highest BCUT2D eigenvalue weighted by atomic mass is 35.5. The molecule has 144 valence electrons. The van der Waals surface area contributed by atoms with Gasteiger partial charge in [-0.15, -0.1) is 0 Å². The van der Waals surface area contributed by atoms with E-state index in [1.54, 1.807) is 0 Å². The minimum absolute atomic E-state index is 0.142. The molecular weight excluding hydrogens is 381 g/mol. The predicted molar refractivity (Wildman–Crippen MR) is 110 cm³/mol. The third-order valence-corrected chi connectivity index (χ3v) is 5.75. The SMILES string of the molecule is Clc1ccccc1.O=C1CCCC(c2ccc(Cl)cc2)N1C1CCC(O)C1. The van der Waals surface area contributed by atoms with Gasteiger partial charge in [0.25, 0.3) is 0 Å². The van der Waals surface area contributed by atoms with E-state index in [0.717, 1.165) is 47.7 Å². The van der Waals surface area contributed by atoms with Crippen molar-refractivity contribution in [3.05, 3.63) is 70.2 Å². The van der Waals surface area contributed by atoms with Gasteiger partial charge in [-0.25, -0.2) is 0 Å². The molecule has 2 aromatic carbocycles. The van der Waals surface area contributed by atoms with Crippen LogP contribution in [0.3, 0.4) is 0 Å². The maximum absolute atomic E-state index is 12.4. The standard InChI is InChI=1S/C16H20ClNO2.C6H5Cl/c17-12-6-4-11(5-7-12)15-2-1-3-16(20)18(15)13-8-9-14(19)10-13;7-6-4-2-1-3-5-6/h4-7,13-15,19H,1-3,8-10H2;1-5H. The molecule has 5 heteroatoms. The number of hydrogen-bond acceptors (Lipinski definition) is 2. The second kappa shape index (κ2) is 9.59. The Morgan fingerprint density at radius 3 is 2.11 bits per heavy atom. The largest absolute Gasteiger partial charge is 0.393 e. The van der Waals surface area contributed by atoms with Crippen molar-refractivity contribution >= 4 is 29.1 Å². The van der Waals surface area contributed by atoms with Gasteiger partial charge in [-0.1, -0.05) is 53.5 Å². The summed E-state index contributed by atoms with van der Waals surface area (Å²) in [6.45, 7) is 0. The number of benzene rings is 2. The molecule has 1 saturated carbocycles. The molecule has 2 aromatic rings. The molecule has 0 bridgehead atoms. The molecule has 3 nitrogen and oxygen atoms in total. The fourth-order valence-electron chi connectivity index (χ4n) is 3.96. The first-order valence-electron chi connectivity index (χ1n) is 9.50. The minimum Gasteiger partial charge on any atom is -0.393 e. The lowest BCUT2D eigenvalue weighted by atomic mass is 9.92. The van der Waals surface area contributed by atoms with Crippen molar-refractivity contribution in [2.45, 2.75) is 56.7 Å². The van der Waals surface area contributed by atoms with Crippen LogP contribution in [0.5, 0.6) is 0 Å². The second-order valence-corrected chi connectivity index (χ2v) is 8.05. The highest BCUT2D eigenvalue weighted by Crippen LogP contribution is 2.38. The average Bonchev–Trinajstić information content (AvgIpc) is 3.09. The van der Waals surface area contributed by atoms with Crippen molar-refractivity contribution in [3.63, 3.8) is 0 Å². The first-order chi connectivity index (χ1) is 13.0. The van der Waals surface area contributed by atoms with E-state index in [2.05, 4.69) is 0 Å². The van der Waals surface area contributed by atoms with Crippen molar-refractivity contribution in [3.8, 4) is 0 Å². The monoisotopic (exact) mass is 405 g/mol. The van der Waals surface area contributed by atoms with Crippen LogP contribution in [0.4, 0.5) is 0 Å². The lowest BCUT2D eigenvalue weighted by Crippen LogP contribution is -2.44. The number of amides is 1. The number of aliphatic hydroxyl groups is 1. The van der Waals surface area contributed by atoms with Gasteiger partial charge in [-0.3, -0.25) is 4.79 Å². The Bertz CT molecular complexity index is 736. The van der Waals surface area contributed by atoms with E-state index in [9.17, 15) is 9.90 Å². The van der Waals surface area contributed by atoms with E-state index in [0.29, 0.717) is 6.42 Å². The molecule has 2 aliphatic rings. The predicted octanol–water partition coefficient (Wildman–Crippen LogP) is 5.65. The molecule has 1 saturated heterocycles. The van der Waals surface area contributed by atoms with Crippen LogP contribution in [0.15, 0.2) is 54.6 Å². The highest BCUT2D eigenvalue weighted by molar-refractivity contribution is 6.30. The van der Waals surface area contributed by atoms with E-state index < -0.39 is 0 Å². The number of aliphatic hydroxyl groups excluding tert-OH is 1. The smallest absolute Gasteiger partial charge is 0.223 e. The molecule has 1 amide bonds. The van der Waals surface area contributed by atoms with Crippen molar-refractivity contribution in [2.24, 2.45) is 0 Å². The van der Waals surface area contributed by atoms with E-state index in [4.69, 9.17) is 23.2 Å². The molecule has 0 spiro atoms. The number of carbonyl (C=O) groups excluding carboxylic acids is 1. The third kappa shape index (κ3) is 5.47. The summed E-state index contributed by atoms with van der Waals surface area (Å²) in [5.74, 6) is 0.232. The summed E-state index contributed by atoms with van der Waals surface area (Å²) in [6.07, 6.45) is 4.77. The van der Waals surface area contributed by atoms with Gasteiger partial charge < -0.3 is 10.0 Å². The van der Waals surface area contributed by atoms with Gasteiger partial charge in [-0.2, -0.15) is 0 Å². The number of likely N-dealkylation sites (tertiary alicyclic amines) is 1. The first-order valence-corrected chi connectivity index (χ1v) is 10.3. The van der Waals surface area contributed by atoms with Gasteiger partial charge in [-0.05, 0) is 61.9 Å². The molecule has 0 radical (unpaired) electrons. The van der Waals surface area contributed by atoms with Gasteiger partial charge in [0.15, 0.2) is 0 Å². The van der Waals surface area contributed by atoms with Crippen LogP contribution in [-0.2, 0) is 4.79 Å². The number of hydrogen-bond donors (Lipinski definition) is 1. The summed E-state index contributed by atoms with van der Waals surface area (Å²) in [5.41, 5.74) is 1.16. The molecule has 1 aliphatic heterocycles. The van der Waals surface area contributed by atoms with Crippen LogP contribution < -0.4 is 0 Å². The molecule has 27 heavy (non-hydrogen) atoms. The number of carbonyl (C=O) groups is 1. The van der Waals surface area contributed by atoms with Crippen molar-refractivity contribution in [1.82, 2.24) is 4.90 Å². The zero-order chi connectivity index (χ0) is 19.2. The van der Waals surface area contributed by atoms with E-state index in [-0.39, 0.29) is 24.1 Å². The Morgan fingerprint density at radius 2 is 1.56 bits per heavy atom. The summed E-state index contributed by atoms with van der Waals surface area (Å²) >= 11 is 11.5. The zero-order valence-corrected chi connectivity index (χ0v) is 16.7. The summed E-state index contributed by atoms with van der Waals surface area (Å²) in [7, 11) is 0. The normalized spacial score (nSPS) is 25.1. The van der Waals surface area contributed by atoms with E-state index in [1.165, 1.54) is 0 Å². The number of rotatable bonds is 2. The molecule has 0 aromatic heterocycles. The van der Waals surface area contributed by atoms with Crippen LogP contribution in [-0.4, -0.2) is 28.1 Å². The second-order valence-electron chi connectivity index (χ2n) is 7.18. The Hall–Kier alpha value is -1.55. The van der Waals surface area contributed by atoms with Crippen LogP contribution in [0.2, 0.25) is 10.0 Å². The maximum atomic E-state index is 12.4. The maximum Gasteiger partial charge on any atom is 0.223 e. The Balaban J connectivity index is 0.000000253. The van der Waals surface area contributed by atoms with Crippen molar-refractivity contribution < 1.29 is 9.90 Å². The van der Waals surface area contributed by atoms with E-state index in [1.807, 2.05) is 59.5 Å². The Labute approximate surface area is 170 Å². The molecule has 1 N–H and O–H groups in total. The van der Waals surface area contributed by atoms with Gasteiger partial charge >= 0.3 is 0 Å². The van der Waals surface area contributed by atoms with Crippen LogP contribution >= 0.6 is 23.2 Å². The quantitative estimate of drug-likeness (QED) is 0.701. The topological polar surface area (TPSA) is 40.5 Å². The van der Waals surface area contributed by atoms with Crippen molar-refractivity contribution in [2.75, 3.05) is 0 Å². The third-order valence-electron chi connectivity index (χ3n) is 5.25. The molecule has 4 rings (SSSR count).